The van der Waals surface area contributed by atoms with Crippen molar-refractivity contribution in [2.75, 3.05) is 0 Å². The lowest BCUT2D eigenvalue weighted by molar-refractivity contribution is 0.459. The fourth-order valence-corrected chi connectivity index (χ4v) is 3.01. The number of nitrogens with zero attached hydrogens (tertiary/aromatic N) is 2. The number of hydrogen-bond acceptors (Lipinski definition) is 4. The minimum Gasteiger partial charge on any atom is -0.493 e. The highest BCUT2D eigenvalue weighted by Gasteiger charge is 2.15. The molecule has 23 heavy (non-hydrogen) atoms. The van der Waals surface area contributed by atoms with E-state index in [1.54, 1.807) is 12.1 Å². The van der Waals surface area contributed by atoms with Gasteiger partial charge in [-0.1, -0.05) is 20.4 Å². The zero-order valence-electron chi connectivity index (χ0n) is 11.4. The Hall–Kier alpha value is -2.26. The Bertz CT molecular complexity index is 1010. The van der Waals surface area contributed by atoms with E-state index in [0.29, 0.717) is 5.52 Å². The molecule has 9 heteroatoms. The van der Waals surface area contributed by atoms with Gasteiger partial charge in [-0.2, -0.15) is 8.42 Å². The van der Waals surface area contributed by atoms with Gasteiger partial charge in [0.15, 0.2) is 5.69 Å². The van der Waals surface area contributed by atoms with Crippen LogP contribution in [0.1, 0.15) is 0 Å². The molecule has 0 radical (unpaired) electrons. The maximum atomic E-state index is 13.3. The van der Waals surface area contributed by atoms with Crippen LogP contribution in [0.25, 0.3) is 10.9 Å². The summed E-state index contributed by atoms with van der Waals surface area (Å²) in [7, 11) is -4.03. The average molecular weight is 398 g/mol. The monoisotopic (exact) mass is 397 g/mol. The van der Waals surface area contributed by atoms with Crippen molar-refractivity contribution >= 4 is 42.5 Å². The van der Waals surface area contributed by atoms with E-state index in [1.807, 2.05) is 0 Å². The molecule has 0 aliphatic rings. The average Bonchev–Trinajstić information content (AvgIpc) is 2.80. The Kier molecular flexibility index (Phi) is 3.90. The van der Waals surface area contributed by atoms with Gasteiger partial charge in [0.2, 0.25) is 5.88 Å². The number of rotatable bonds is 3. The van der Waals surface area contributed by atoms with Crippen LogP contribution in [0.4, 0.5) is 10.1 Å². The topological polar surface area (TPSA) is 94.9 Å². The van der Waals surface area contributed by atoms with Gasteiger partial charge in [-0.3, -0.25) is 0 Å². The molecule has 0 aliphatic heterocycles. The molecular formula is C14H9BrFN3O3S. The molecule has 118 valence electrons. The summed E-state index contributed by atoms with van der Waals surface area (Å²) in [5, 5.41) is 13.6. The van der Waals surface area contributed by atoms with E-state index in [1.165, 1.54) is 24.3 Å². The number of sulfonamides is 1. The van der Waals surface area contributed by atoms with Crippen LogP contribution in [-0.4, -0.2) is 18.5 Å². The van der Waals surface area contributed by atoms with E-state index in [-0.39, 0.29) is 21.8 Å². The van der Waals surface area contributed by atoms with Crippen molar-refractivity contribution in [1.29, 1.82) is 0 Å². The molecule has 0 saturated heterocycles. The van der Waals surface area contributed by atoms with Crippen LogP contribution in [-0.2, 0) is 10.0 Å². The predicted molar refractivity (Wildman–Crippen MR) is 85.8 cm³/mol. The fourth-order valence-electron chi connectivity index (χ4n) is 1.99. The van der Waals surface area contributed by atoms with Gasteiger partial charge in [0.1, 0.15) is 5.82 Å². The van der Waals surface area contributed by atoms with Crippen molar-refractivity contribution in [3.8, 4) is 5.88 Å². The van der Waals surface area contributed by atoms with E-state index in [4.69, 9.17) is 0 Å². The first-order chi connectivity index (χ1) is 10.9. The minimum absolute atomic E-state index is 0.0463. The Morgan fingerprint density at radius 3 is 2.52 bits per heavy atom. The largest absolute Gasteiger partial charge is 0.493 e. The molecule has 0 amide bonds. The summed E-state index contributed by atoms with van der Waals surface area (Å²) in [6, 6.07) is 9.60. The molecule has 0 aliphatic carbocycles. The first kappa shape index (κ1) is 15.6. The van der Waals surface area contributed by atoms with E-state index in [9.17, 15) is 17.9 Å². The molecule has 1 aromatic heterocycles. The van der Waals surface area contributed by atoms with Crippen LogP contribution in [0.3, 0.4) is 0 Å². The van der Waals surface area contributed by atoms with Gasteiger partial charge in [0.25, 0.3) is 10.0 Å². The molecule has 6 nitrogen and oxygen atoms in total. The standard InChI is InChI=1S/C14H9BrFN3O3S/c15-8-1-4-10(5-2-8)23(21,22)19-18-13-11-7-9(16)3-6-12(11)17-14(13)20/h1-7,17,20H. The zero-order valence-corrected chi connectivity index (χ0v) is 13.8. The van der Waals surface area contributed by atoms with Gasteiger partial charge in [-0.25, -0.2) is 4.39 Å². The second kappa shape index (κ2) is 5.74. The van der Waals surface area contributed by atoms with Crippen LogP contribution in [0.15, 0.2) is 61.5 Å². The molecule has 0 fully saturated rings. The van der Waals surface area contributed by atoms with Gasteiger partial charge >= 0.3 is 0 Å². The second-order valence-corrected chi connectivity index (χ2v) is 7.12. The normalized spacial score (nSPS) is 12.3. The van der Waals surface area contributed by atoms with Crippen molar-refractivity contribution in [1.82, 2.24) is 4.98 Å². The second-order valence-electron chi connectivity index (χ2n) is 4.62. The number of aromatic nitrogens is 1. The summed E-state index contributed by atoms with van der Waals surface area (Å²) in [4.78, 5) is 2.53. The van der Waals surface area contributed by atoms with Gasteiger partial charge in [-0.05, 0) is 42.5 Å². The number of benzene rings is 2. The number of H-pyrrole nitrogens is 1. The zero-order chi connectivity index (χ0) is 16.6. The SMILES string of the molecule is O=S(=O)(N=Nc1c(O)[nH]c2ccc(F)cc12)c1ccc(Br)cc1. The number of halogens is 2. The number of nitrogens with one attached hydrogen (secondary N) is 1. The van der Waals surface area contributed by atoms with Crippen LogP contribution < -0.4 is 0 Å². The molecular weight excluding hydrogens is 389 g/mol. The van der Waals surface area contributed by atoms with Crippen LogP contribution in [0.2, 0.25) is 0 Å². The summed E-state index contributed by atoms with van der Waals surface area (Å²) < 4.78 is 41.6. The number of hydrogen-bond donors (Lipinski definition) is 2. The van der Waals surface area contributed by atoms with Gasteiger partial charge in [-0.15, -0.1) is 5.11 Å². The van der Waals surface area contributed by atoms with Crippen LogP contribution in [0.5, 0.6) is 5.88 Å². The summed E-state index contributed by atoms with van der Waals surface area (Å²) >= 11 is 3.20. The smallest absolute Gasteiger partial charge is 0.299 e. The minimum atomic E-state index is -4.03. The van der Waals surface area contributed by atoms with Gasteiger partial charge < -0.3 is 10.1 Å². The fraction of sp³-hybridized carbons (Fsp3) is 0. The van der Waals surface area contributed by atoms with E-state index in [2.05, 4.69) is 30.5 Å². The molecule has 0 bridgehead atoms. The third kappa shape index (κ3) is 3.10. The number of aromatic amines is 1. The molecule has 2 aromatic carbocycles. The Balaban J connectivity index is 2.04. The van der Waals surface area contributed by atoms with Crippen molar-refractivity contribution < 1.29 is 17.9 Å². The summed E-state index contributed by atoms with van der Waals surface area (Å²) in [6.07, 6.45) is 0. The molecule has 0 spiro atoms. The molecule has 0 unspecified atom stereocenters. The first-order valence-corrected chi connectivity index (χ1v) is 8.54. The highest BCUT2D eigenvalue weighted by molar-refractivity contribution is 9.10. The lowest BCUT2D eigenvalue weighted by Crippen LogP contribution is -1.94. The number of fused-ring (bicyclic) bond motifs is 1. The van der Waals surface area contributed by atoms with E-state index in [0.717, 1.165) is 10.5 Å². The van der Waals surface area contributed by atoms with E-state index >= 15 is 0 Å². The lowest BCUT2D eigenvalue weighted by atomic mass is 10.2. The summed E-state index contributed by atoms with van der Waals surface area (Å²) in [5.41, 5.74) is 0.277. The third-order valence-electron chi connectivity index (χ3n) is 3.07. The molecule has 0 atom stereocenters. The van der Waals surface area contributed by atoms with Crippen molar-refractivity contribution in [2.45, 2.75) is 4.90 Å². The third-order valence-corrected chi connectivity index (χ3v) is 4.77. The Morgan fingerprint density at radius 1 is 1.13 bits per heavy atom. The predicted octanol–water partition coefficient (Wildman–Crippen LogP) is 4.25. The molecule has 2 N–H and O–H groups in total. The quantitative estimate of drug-likeness (QED) is 0.646. The van der Waals surface area contributed by atoms with Gasteiger partial charge in [0.05, 0.1) is 10.4 Å². The highest BCUT2D eigenvalue weighted by atomic mass is 79.9. The molecule has 1 heterocycles. The number of aromatic hydroxyl groups is 1. The van der Waals surface area contributed by atoms with Crippen LogP contribution in [0, 0.1) is 5.82 Å². The Morgan fingerprint density at radius 2 is 1.83 bits per heavy atom. The van der Waals surface area contributed by atoms with E-state index < -0.39 is 15.8 Å². The van der Waals surface area contributed by atoms with Crippen molar-refractivity contribution in [2.24, 2.45) is 9.63 Å². The molecule has 3 aromatic rings. The summed E-state index contributed by atoms with van der Waals surface area (Å²) in [5.74, 6) is -0.927. The summed E-state index contributed by atoms with van der Waals surface area (Å²) in [6.45, 7) is 0. The highest BCUT2D eigenvalue weighted by Crippen LogP contribution is 2.36. The molecule has 0 saturated carbocycles. The lowest BCUT2D eigenvalue weighted by Gasteiger charge is -1.97. The molecule has 3 rings (SSSR count). The van der Waals surface area contributed by atoms with Crippen molar-refractivity contribution in [3.05, 3.63) is 52.8 Å². The van der Waals surface area contributed by atoms with Crippen LogP contribution >= 0.6 is 15.9 Å². The first-order valence-electron chi connectivity index (χ1n) is 6.30. The van der Waals surface area contributed by atoms with Crippen molar-refractivity contribution in [3.63, 3.8) is 0 Å². The maximum Gasteiger partial charge on any atom is 0.299 e. The maximum absolute atomic E-state index is 13.3. The Labute approximate surface area is 138 Å². The van der Waals surface area contributed by atoms with Gasteiger partial charge in [0, 0.05) is 9.86 Å².